The van der Waals surface area contributed by atoms with E-state index in [1.807, 2.05) is 24.3 Å². The van der Waals surface area contributed by atoms with E-state index < -0.39 is 0 Å². The molecular weight excluding hydrogens is 242 g/mol. The van der Waals surface area contributed by atoms with Gasteiger partial charge < -0.3 is 16.3 Å². The molecule has 4 N–H and O–H groups in total. The van der Waals surface area contributed by atoms with Crippen molar-refractivity contribution in [3.05, 3.63) is 59.7 Å². The molecule has 0 spiro atoms. The lowest BCUT2D eigenvalue weighted by Gasteiger charge is -2.06. The normalized spacial score (nSPS) is 11.5. The third-order valence-corrected chi connectivity index (χ3v) is 2.61. The van der Waals surface area contributed by atoms with Crippen molar-refractivity contribution >= 4 is 5.84 Å². The molecule has 6 heteroatoms. The van der Waals surface area contributed by atoms with Gasteiger partial charge in [0, 0.05) is 24.8 Å². The summed E-state index contributed by atoms with van der Waals surface area (Å²) in [6, 6.07) is 9.38. The predicted octanol–water partition coefficient (Wildman–Crippen LogP) is 0.861. The van der Waals surface area contributed by atoms with Crippen molar-refractivity contribution in [1.82, 2.24) is 15.3 Å². The highest BCUT2D eigenvalue weighted by molar-refractivity contribution is 5.97. The zero-order valence-electron chi connectivity index (χ0n) is 10.3. The van der Waals surface area contributed by atoms with Crippen LogP contribution in [0.4, 0.5) is 0 Å². The van der Waals surface area contributed by atoms with Crippen LogP contribution >= 0.6 is 0 Å². The fourth-order valence-electron chi connectivity index (χ4n) is 1.66. The molecule has 6 nitrogen and oxygen atoms in total. The van der Waals surface area contributed by atoms with Gasteiger partial charge in [0.1, 0.15) is 6.33 Å². The summed E-state index contributed by atoms with van der Waals surface area (Å²) >= 11 is 0. The van der Waals surface area contributed by atoms with Crippen LogP contribution in [0.5, 0.6) is 0 Å². The van der Waals surface area contributed by atoms with E-state index >= 15 is 0 Å². The Kier molecular flexibility index (Phi) is 4.41. The number of hydrogen-bond donors (Lipinski definition) is 3. The van der Waals surface area contributed by atoms with Gasteiger partial charge in [0.15, 0.2) is 5.84 Å². The van der Waals surface area contributed by atoms with Gasteiger partial charge in [0.05, 0.1) is 5.69 Å². The summed E-state index contributed by atoms with van der Waals surface area (Å²) in [5, 5.41) is 14.9. The third-order valence-electron chi connectivity index (χ3n) is 2.61. The first-order valence-corrected chi connectivity index (χ1v) is 5.82. The summed E-state index contributed by atoms with van der Waals surface area (Å²) in [6.45, 7) is 1.34. The molecule has 0 saturated heterocycles. The molecule has 0 bridgehead atoms. The minimum atomic E-state index is 0.109. The van der Waals surface area contributed by atoms with Crippen molar-refractivity contribution in [2.24, 2.45) is 10.9 Å². The highest BCUT2D eigenvalue weighted by atomic mass is 16.4. The van der Waals surface area contributed by atoms with E-state index in [0.29, 0.717) is 18.7 Å². The molecule has 0 radical (unpaired) electrons. The minimum Gasteiger partial charge on any atom is -0.409 e. The first kappa shape index (κ1) is 13.0. The van der Waals surface area contributed by atoms with Crippen LogP contribution < -0.4 is 11.1 Å². The largest absolute Gasteiger partial charge is 0.409 e. The van der Waals surface area contributed by atoms with E-state index in [4.69, 9.17) is 10.9 Å². The Bertz CT molecular complexity index is 556. The molecule has 2 aromatic rings. The monoisotopic (exact) mass is 257 g/mol. The van der Waals surface area contributed by atoms with Gasteiger partial charge in [-0.05, 0) is 17.7 Å². The highest BCUT2D eigenvalue weighted by Gasteiger charge is 2.00. The van der Waals surface area contributed by atoms with Gasteiger partial charge in [-0.1, -0.05) is 23.4 Å². The van der Waals surface area contributed by atoms with E-state index in [9.17, 15) is 0 Å². The highest BCUT2D eigenvalue weighted by Crippen LogP contribution is 2.05. The quantitative estimate of drug-likeness (QED) is 0.319. The van der Waals surface area contributed by atoms with E-state index in [1.165, 1.54) is 6.33 Å². The van der Waals surface area contributed by atoms with Crippen LogP contribution in [0.2, 0.25) is 0 Å². The van der Waals surface area contributed by atoms with E-state index in [0.717, 1.165) is 11.3 Å². The molecule has 0 saturated carbocycles. The SMILES string of the molecule is N/C(=N/O)c1cccc(CNCc2ccncn2)c1. The second-order valence-electron chi connectivity index (χ2n) is 3.99. The lowest BCUT2D eigenvalue weighted by Crippen LogP contribution is -2.16. The number of oxime groups is 1. The van der Waals surface area contributed by atoms with Crippen LogP contribution in [0.1, 0.15) is 16.8 Å². The smallest absolute Gasteiger partial charge is 0.170 e. The Hall–Kier alpha value is -2.47. The van der Waals surface area contributed by atoms with E-state index in [-0.39, 0.29) is 5.84 Å². The van der Waals surface area contributed by atoms with Crippen LogP contribution in [-0.2, 0) is 13.1 Å². The van der Waals surface area contributed by atoms with Gasteiger partial charge in [-0.25, -0.2) is 9.97 Å². The molecule has 0 unspecified atom stereocenters. The molecule has 0 fully saturated rings. The van der Waals surface area contributed by atoms with Crippen molar-refractivity contribution in [2.75, 3.05) is 0 Å². The standard InChI is InChI=1S/C13H15N5O/c14-13(18-19)11-3-1-2-10(6-11)7-16-8-12-4-5-15-9-17-12/h1-6,9,16,19H,7-8H2,(H2,14,18). The molecule has 1 aromatic heterocycles. The third kappa shape index (κ3) is 3.75. The molecular formula is C13H15N5O. The lowest BCUT2D eigenvalue weighted by atomic mass is 10.1. The van der Waals surface area contributed by atoms with Crippen molar-refractivity contribution in [3.8, 4) is 0 Å². The Labute approximate surface area is 111 Å². The first-order valence-electron chi connectivity index (χ1n) is 5.82. The molecule has 0 atom stereocenters. The molecule has 1 aromatic carbocycles. The fraction of sp³-hybridized carbons (Fsp3) is 0.154. The van der Waals surface area contributed by atoms with Gasteiger partial charge in [0.25, 0.3) is 0 Å². The van der Waals surface area contributed by atoms with Crippen LogP contribution in [0.15, 0.2) is 48.0 Å². The van der Waals surface area contributed by atoms with Crippen LogP contribution in [0.25, 0.3) is 0 Å². The number of rotatable bonds is 5. The van der Waals surface area contributed by atoms with Crippen molar-refractivity contribution in [3.63, 3.8) is 0 Å². The van der Waals surface area contributed by atoms with Crippen LogP contribution in [-0.4, -0.2) is 21.0 Å². The van der Waals surface area contributed by atoms with E-state index in [2.05, 4.69) is 20.4 Å². The molecule has 1 heterocycles. The Morgan fingerprint density at radius 1 is 1.32 bits per heavy atom. The molecule has 98 valence electrons. The maximum atomic E-state index is 8.64. The van der Waals surface area contributed by atoms with Gasteiger partial charge in [-0.15, -0.1) is 0 Å². The number of benzene rings is 1. The molecule has 19 heavy (non-hydrogen) atoms. The molecule has 0 aliphatic carbocycles. The van der Waals surface area contributed by atoms with Crippen molar-refractivity contribution in [2.45, 2.75) is 13.1 Å². The number of nitrogens with one attached hydrogen (secondary N) is 1. The number of hydrogen-bond acceptors (Lipinski definition) is 5. The zero-order valence-corrected chi connectivity index (χ0v) is 10.3. The number of nitrogens with two attached hydrogens (primary N) is 1. The van der Waals surface area contributed by atoms with Crippen LogP contribution in [0, 0.1) is 0 Å². The lowest BCUT2D eigenvalue weighted by molar-refractivity contribution is 0.318. The van der Waals surface area contributed by atoms with Crippen molar-refractivity contribution < 1.29 is 5.21 Å². The topological polar surface area (TPSA) is 96.4 Å². The maximum absolute atomic E-state index is 8.64. The Morgan fingerprint density at radius 3 is 2.95 bits per heavy atom. The summed E-state index contributed by atoms with van der Waals surface area (Å²) < 4.78 is 0. The van der Waals surface area contributed by atoms with Gasteiger partial charge in [-0.2, -0.15) is 0 Å². The average Bonchev–Trinajstić information content (AvgIpc) is 2.48. The summed E-state index contributed by atoms with van der Waals surface area (Å²) in [5.74, 6) is 0.109. The number of aromatic nitrogens is 2. The molecule has 2 rings (SSSR count). The predicted molar refractivity (Wildman–Crippen MR) is 71.5 cm³/mol. The number of nitrogens with zero attached hydrogens (tertiary/aromatic N) is 3. The Morgan fingerprint density at radius 2 is 2.21 bits per heavy atom. The average molecular weight is 257 g/mol. The second kappa shape index (κ2) is 6.46. The molecule has 0 aliphatic heterocycles. The summed E-state index contributed by atoms with van der Waals surface area (Å²) in [5.41, 5.74) is 8.23. The molecule has 0 aliphatic rings. The van der Waals surface area contributed by atoms with Crippen LogP contribution in [0.3, 0.4) is 0 Å². The van der Waals surface area contributed by atoms with E-state index in [1.54, 1.807) is 12.3 Å². The first-order chi connectivity index (χ1) is 9.29. The van der Waals surface area contributed by atoms with Gasteiger partial charge in [-0.3, -0.25) is 0 Å². The summed E-state index contributed by atoms with van der Waals surface area (Å²) in [4.78, 5) is 7.99. The maximum Gasteiger partial charge on any atom is 0.170 e. The second-order valence-corrected chi connectivity index (χ2v) is 3.99. The van der Waals surface area contributed by atoms with Crippen molar-refractivity contribution in [1.29, 1.82) is 0 Å². The summed E-state index contributed by atoms with van der Waals surface area (Å²) in [6.07, 6.45) is 3.24. The van der Waals surface area contributed by atoms with Gasteiger partial charge >= 0.3 is 0 Å². The minimum absolute atomic E-state index is 0.109. The number of amidine groups is 1. The zero-order chi connectivity index (χ0) is 13.5. The fourth-order valence-corrected chi connectivity index (χ4v) is 1.66. The molecule has 0 amide bonds. The summed E-state index contributed by atoms with van der Waals surface area (Å²) in [7, 11) is 0. The van der Waals surface area contributed by atoms with Gasteiger partial charge in [0.2, 0.25) is 0 Å². The Balaban J connectivity index is 1.93.